The monoisotopic (exact) mass is 455 g/mol. The number of aromatic nitrogens is 7. The summed E-state index contributed by atoms with van der Waals surface area (Å²) in [5.41, 5.74) is 4.32. The third kappa shape index (κ3) is 4.03. The molecule has 0 saturated heterocycles. The van der Waals surface area contributed by atoms with Crippen LogP contribution in [0.4, 0.5) is 4.39 Å². The van der Waals surface area contributed by atoms with E-state index in [2.05, 4.69) is 32.5 Å². The van der Waals surface area contributed by atoms with Crippen LogP contribution in [0.2, 0.25) is 0 Å². The standard InChI is InChI=1S/C25H22FN7O/c1-2-6-19-16-33(22-9-4-3-8-21(22)26)25(34)32(19)15-17-10-12-18(13-11-17)20-7-5-14-27-23(20)24-28-30-31-29-24/h3-5,7-14,16H,2,6,15H2,1H3,(H,28,29,30,31). The summed E-state index contributed by atoms with van der Waals surface area (Å²) in [7, 11) is 0. The highest BCUT2D eigenvalue weighted by atomic mass is 19.1. The quantitative estimate of drug-likeness (QED) is 0.400. The Morgan fingerprint density at radius 1 is 1.03 bits per heavy atom. The van der Waals surface area contributed by atoms with Crippen molar-refractivity contribution in [2.75, 3.05) is 0 Å². The minimum absolute atomic E-state index is 0.255. The summed E-state index contributed by atoms with van der Waals surface area (Å²) in [6.45, 7) is 2.45. The largest absolute Gasteiger partial charge is 0.333 e. The number of aromatic amines is 1. The van der Waals surface area contributed by atoms with Gasteiger partial charge in [-0.05, 0) is 46.2 Å². The summed E-state index contributed by atoms with van der Waals surface area (Å²) in [5.74, 6) is 0.0632. The van der Waals surface area contributed by atoms with Crippen LogP contribution in [-0.2, 0) is 13.0 Å². The Hall–Kier alpha value is -4.40. The molecule has 34 heavy (non-hydrogen) atoms. The number of rotatable bonds is 7. The average Bonchev–Trinajstić information content (AvgIpc) is 3.50. The molecule has 0 fully saturated rings. The molecule has 1 N–H and O–H groups in total. The number of hydrogen-bond donors (Lipinski definition) is 1. The van der Waals surface area contributed by atoms with Crippen molar-refractivity contribution in [2.45, 2.75) is 26.3 Å². The van der Waals surface area contributed by atoms with Gasteiger partial charge in [-0.2, -0.15) is 0 Å². The first-order chi connectivity index (χ1) is 16.7. The van der Waals surface area contributed by atoms with Crippen molar-refractivity contribution in [3.8, 4) is 28.3 Å². The molecule has 0 atom stereocenters. The van der Waals surface area contributed by atoms with E-state index in [1.807, 2.05) is 36.4 Å². The maximum absolute atomic E-state index is 14.4. The van der Waals surface area contributed by atoms with Crippen molar-refractivity contribution < 1.29 is 4.39 Å². The van der Waals surface area contributed by atoms with Gasteiger partial charge in [-0.1, -0.05) is 55.8 Å². The van der Waals surface area contributed by atoms with Gasteiger partial charge in [0.05, 0.1) is 12.2 Å². The van der Waals surface area contributed by atoms with Crippen molar-refractivity contribution in [1.29, 1.82) is 0 Å². The van der Waals surface area contributed by atoms with E-state index in [1.165, 1.54) is 10.6 Å². The van der Waals surface area contributed by atoms with Crippen LogP contribution in [0.1, 0.15) is 24.6 Å². The second-order valence-electron chi connectivity index (χ2n) is 7.91. The lowest BCUT2D eigenvalue weighted by molar-refractivity contribution is 0.613. The molecule has 5 rings (SSSR count). The molecule has 8 nitrogen and oxygen atoms in total. The first kappa shape index (κ1) is 21.4. The number of H-pyrrole nitrogens is 1. The molecule has 0 aliphatic carbocycles. The molecular formula is C25H22FN7O. The Kier molecular flexibility index (Phi) is 5.82. The molecule has 3 heterocycles. The predicted octanol–water partition coefficient (Wildman–Crippen LogP) is 4.02. The molecule has 0 unspecified atom stereocenters. The zero-order valence-electron chi connectivity index (χ0n) is 18.5. The SMILES string of the molecule is CCCc1cn(-c2ccccc2F)c(=O)n1Cc1ccc(-c2cccnc2-c2nnn[nH]2)cc1. The first-order valence-corrected chi connectivity index (χ1v) is 11.0. The second-order valence-corrected chi connectivity index (χ2v) is 7.91. The molecule has 0 spiro atoms. The van der Waals surface area contributed by atoms with Crippen LogP contribution in [0.5, 0.6) is 0 Å². The van der Waals surface area contributed by atoms with Gasteiger partial charge in [0.2, 0.25) is 0 Å². The van der Waals surface area contributed by atoms with Gasteiger partial charge >= 0.3 is 5.69 Å². The lowest BCUT2D eigenvalue weighted by Gasteiger charge is -2.09. The van der Waals surface area contributed by atoms with E-state index < -0.39 is 5.82 Å². The molecule has 170 valence electrons. The lowest BCUT2D eigenvalue weighted by atomic mass is 10.0. The zero-order valence-corrected chi connectivity index (χ0v) is 18.5. The van der Waals surface area contributed by atoms with Gasteiger partial charge in [0, 0.05) is 23.7 Å². The summed E-state index contributed by atoms with van der Waals surface area (Å²) in [4.78, 5) is 17.6. The van der Waals surface area contributed by atoms with Crippen LogP contribution in [0.15, 0.2) is 77.9 Å². The molecule has 0 saturated carbocycles. The molecule has 0 aliphatic rings. The number of hydrogen-bond acceptors (Lipinski definition) is 5. The Morgan fingerprint density at radius 2 is 1.85 bits per heavy atom. The van der Waals surface area contributed by atoms with E-state index in [9.17, 15) is 9.18 Å². The van der Waals surface area contributed by atoms with E-state index in [0.717, 1.165) is 35.2 Å². The van der Waals surface area contributed by atoms with Gasteiger partial charge in [-0.25, -0.2) is 14.3 Å². The van der Waals surface area contributed by atoms with Crippen LogP contribution in [0.25, 0.3) is 28.3 Å². The third-order valence-corrected chi connectivity index (χ3v) is 5.66. The van der Waals surface area contributed by atoms with Crippen molar-refractivity contribution in [3.05, 3.63) is 101 Å². The number of tetrazole rings is 1. The van der Waals surface area contributed by atoms with Crippen LogP contribution in [0, 0.1) is 5.82 Å². The summed E-state index contributed by atoms with van der Waals surface area (Å²) in [6, 6.07) is 18.1. The molecule has 2 aromatic carbocycles. The Balaban J connectivity index is 1.48. The molecule has 0 amide bonds. The second kappa shape index (κ2) is 9.22. The zero-order chi connectivity index (χ0) is 23.5. The number of nitrogens with zero attached hydrogens (tertiary/aromatic N) is 6. The Bertz CT molecular complexity index is 1470. The number of aryl methyl sites for hydroxylation is 1. The topological polar surface area (TPSA) is 94.3 Å². The maximum atomic E-state index is 14.4. The smallest absolute Gasteiger partial charge is 0.292 e. The Labute approximate surface area is 194 Å². The van der Waals surface area contributed by atoms with Gasteiger partial charge in [-0.3, -0.25) is 14.1 Å². The van der Waals surface area contributed by atoms with Gasteiger partial charge in [0.25, 0.3) is 0 Å². The molecule has 5 aromatic rings. The summed E-state index contributed by atoms with van der Waals surface area (Å²) in [6.07, 6.45) is 5.03. The fourth-order valence-electron chi connectivity index (χ4n) is 4.03. The number of halogens is 1. The van der Waals surface area contributed by atoms with Crippen molar-refractivity contribution >= 4 is 0 Å². The van der Waals surface area contributed by atoms with Gasteiger partial charge in [0.1, 0.15) is 11.5 Å². The van der Waals surface area contributed by atoms with Gasteiger partial charge in [0.15, 0.2) is 5.82 Å². The third-order valence-electron chi connectivity index (χ3n) is 5.66. The van der Waals surface area contributed by atoms with Crippen molar-refractivity contribution in [3.63, 3.8) is 0 Å². The molecule has 0 radical (unpaired) electrons. The predicted molar refractivity (Wildman–Crippen MR) is 126 cm³/mol. The molecule has 3 aromatic heterocycles. The fraction of sp³-hybridized carbons (Fsp3) is 0.160. The van der Waals surface area contributed by atoms with E-state index in [1.54, 1.807) is 35.2 Å². The first-order valence-electron chi connectivity index (χ1n) is 11.0. The van der Waals surface area contributed by atoms with Crippen LogP contribution in [0.3, 0.4) is 0 Å². The number of pyridine rings is 1. The number of nitrogens with one attached hydrogen (secondary N) is 1. The summed E-state index contributed by atoms with van der Waals surface area (Å²) in [5, 5.41) is 14.0. The number of benzene rings is 2. The highest BCUT2D eigenvalue weighted by molar-refractivity contribution is 5.77. The number of imidazole rings is 1. The molecule has 0 aliphatic heterocycles. The minimum Gasteiger partial charge on any atom is -0.292 e. The molecular weight excluding hydrogens is 433 g/mol. The van der Waals surface area contributed by atoms with Crippen molar-refractivity contribution in [1.82, 2.24) is 34.7 Å². The summed E-state index contributed by atoms with van der Waals surface area (Å²) >= 11 is 0. The maximum Gasteiger partial charge on any atom is 0.333 e. The van der Waals surface area contributed by atoms with E-state index in [0.29, 0.717) is 18.1 Å². The normalized spacial score (nSPS) is 11.1. The highest BCUT2D eigenvalue weighted by Crippen LogP contribution is 2.28. The van der Waals surface area contributed by atoms with E-state index >= 15 is 0 Å². The van der Waals surface area contributed by atoms with Gasteiger partial charge in [-0.15, -0.1) is 5.10 Å². The molecule has 9 heteroatoms. The Morgan fingerprint density at radius 3 is 2.59 bits per heavy atom. The number of para-hydroxylation sites is 1. The van der Waals surface area contributed by atoms with E-state index in [-0.39, 0.29) is 11.4 Å². The van der Waals surface area contributed by atoms with Crippen LogP contribution >= 0.6 is 0 Å². The minimum atomic E-state index is -0.427. The highest BCUT2D eigenvalue weighted by Gasteiger charge is 2.16. The van der Waals surface area contributed by atoms with Crippen LogP contribution in [-0.4, -0.2) is 34.7 Å². The van der Waals surface area contributed by atoms with Crippen LogP contribution < -0.4 is 5.69 Å². The molecule has 0 bridgehead atoms. The van der Waals surface area contributed by atoms with Gasteiger partial charge < -0.3 is 0 Å². The van der Waals surface area contributed by atoms with Crippen molar-refractivity contribution in [2.24, 2.45) is 0 Å². The average molecular weight is 455 g/mol. The van der Waals surface area contributed by atoms with E-state index in [4.69, 9.17) is 0 Å². The fourth-order valence-corrected chi connectivity index (χ4v) is 4.03. The summed E-state index contributed by atoms with van der Waals surface area (Å²) < 4.78 is 17.5. The lowest BCUT2D eigenvalue weighted by Crippen LogP contribution is -2.25.